The highest BCUT2D eigenvalue weighted by Gasteiger charge is 2.17. The number of nitrogens with zero attached hydrogens (tertiary/aromatic N) is 3. The van der Waals surface area contributed by atoms with Crippen LogP contribution in [0.4, 0.5) is 0 Å². The summed E-state index contributed by atoms with van der Waals surface area (Å²) >= 11 is 0. The molecular weight excluding hydrogens is 376 g/mol. The van der Waals surface area contributed by atoms with Gasteiger partial charge in [-0.25, -0.2) is 0 Å². The van der Waals surface area contributed by atoms with Crippen LogP contribution >= 0.6 is 0 Å². The quantitative estimate of drug-likeness (QED) is 0.713. The van der Waals surface area contributed by atoms with Crippen LogP contribution in [0.2, 0.25) is 0 Å². The van der Waals surface area contributed by atoms with Crippen LogP contribution in [0.3, 0.4) is 0 Å². The molecule has 0 radical (unpaired) electrons. The molecule has 1 aliphatic rings. The first-order valence-electron chi connectivity index (χ1n) is 10.9. The Labute approximate surface area is 179 Å². The van der Waals surface area contributed by atoms with E-state index in [0.29, 0.717) is 18.0 Å². The van der Waals surface area contributed by atoms with Gasteiger partial charge in [0.2, 0.25) is 0 Å². The number of carbonyl (C=O) groups excluding carboxylic acids is 1. The zero-order chi connectivity index (χ0) is 21.7. The minimum atomic E-state index is -0.287. The summed E-state index contributed by atoms with van der Waals surface area (Å²) in [5, 5.41) is 2.95. The molecule has 0 bridgehead atoms. The summed E-state index contributed by atoms with van der Waals surface area (Å²) in [6, 6.07) is 9.76. The molecule has 0 atom stereocenters. The van der Waals surface area contributed by atoms with Gasteiger partial charge in [0, 0.05) is 44.6 Å². The largest absolute Gasteiger partial charge is 0.352 e. The third kappa shape index (κ3) is 5.37. The van der Waals surface area contributed by atoms with Crippen molar-refractivity contribution in [2.24, 2.45) is 0 Å². The van der Waals surface area contributed by atoms with Gasteiger partial charge in [0.15, 0.2) is 0 Å². The molecule has 1 saturated heterocycles. The number of amides is 1. The monoisotopic (exact) mass is 410 g/mol. The van der Waals surface area contributed by atoms with Gasteiger partial charge in [-0.3, -0.25) is 14.2 Å². The first-order chi connectivity index (χ1) is 14.4. The number of nitrogens with one attached hydrogen (secondary N) is 1. The molecule has 0 saturated carbocycles. The molecule has 1 aliphatic heterocycles. The Balaban J connectivity index is 1.67. The van der Waals surface area contributed by atoms with E-state index in [4.69, 9.17) is 0 Å². The lowest BCUT2D eigenvalue weighted by molar-refractivity contribution is 0.0947. The van der Waals surface area contributed by atoms with Crippen molar-refractivity contribution in [2.75, 3.05) is 46.3 Å². The van der Waals surface area contributed by atoms with Crippen molar-refractivity contribution in [3.05, 3.63) is 63.6 Å². The van der Waals surface area contributed by atoms with Crippen LogP contribution in [0.15, 0.2) is 41.3 Å². The molecule has 1 fully saturated rings. The third-order valence-electron chi connectivity index (χ3n) is 5.88. The van der Waals surface area contributed by atoms with Crippen LogP contribution in [0.25, 0.3) is 5.69 Å². The lowest BCUT2D eigenvalue weighted by atomic mass is 10.0. The molecule has 1 aromatic heterocycles. The van der Waals surface area contributed by atoms with E-state index < -0.39 is 0 Å². The summed E-state index contributed by atoms with van der Waals surface area (Å²) in [5.41, 5.74) is 2.61. The molecular formula is C24H34N4O2. The number of aryl methyl sites for hydroxylation is 1. The second-order valence-corrected chi connectivity index (χ2v) is 8.55. The van der Waals surface area contributed by atoms with Crippen LogP contribution in [0.1, 0.15) is 47.7 Å². The fourth-order valence-corrected chi connectivity index (χ4v) is 3.80. The first-order valence-corrected chi connectivity index (χ1v) is 10.9. The number of hydrogen-bond acceptors (Lipinski definition) is 4. The Morgan fingerprint density at radius 1 is 1.13 bits per heavy atom. The van der Waals surface area contributed by atoms with Gasteiger partial charge in [0.25, 0.3) is 11.5 Å². The molecule has 3 rings (SSSR count). The topological polar surface area (TPSA) is 57.6 Å². The van der Waals surface area contributed by atoms with E-state index in [1.54, 1.807) is 10.8 Å². The number of piperazine rings is 1. The molecule has 30 heavy (non-hydrogen) atoms. The van der Waals surface area contributed by atoms with Crippen molar-refractivity contribution in [1.82, 2.24) is 19.7 Å². The number of pyridine rings is 1. The van der Waals surface area contributed by atoms with Crippen LogP contribution in [-0.2, 0) is 0 Å². The molecule has 1 aromatic carbocycles. The first kappa shape index (κ1) is 22.2. The molecule has 0 unspecified atom stereocenters. The molecule has 2 aromatic rings. The zero-order valence-electron chi connectivity index (χ0n) is 18.6. The summed E-state index contributed by atoms with van der Waals surface area (Å²) in [4.78, 5) is 30.7. The molecule has 0 aliphatic carbocycles. The standard InChI is InChI=1S/C24H34N4O2/c1-18(2)20-7-5-8-21(17-20)28-12-9-19(3)22(24(28)30)23(29)25-10-6-11-27-15-13-26(4)14-16-27/h5,7-9,12,17-18H,6,10-11,13-16H2,1-4H3,(H,25,29). The minimum absolute atomic E-state index is 0.229. The van der Waals surface area contributed by atoms with E-state index in [0.717, 1.165) is 50.4 Å². The van der Waals surface area contributed by atoms with Gasteiger partial charge in [-0.05, 0) is 62.2 Å². The second kappa shape index (κ2) is 10.0. The second-order valence-electron chi connectivity index (χ2n) is 8.55. The maximum Gasteiger partial charge on any atom is 0.268 e. The van der Waals surface area contributed by atoms with Crippen LogP contribution < -0.4 is 10.9 Å². The number of carbonyl (C=O) groups is 1. The van der Waals surface area contributed by atoms with E-state index in [2.05, 4.69) is 42.1 Å². The molecule has 2 heterocycles. The van der Waals surface area contributed by atoms with Crippen molar-refractivity contribution in [3.63, 3.8) is 0 Å². The van der Waals surface area contributed by atoms with Gasteiger partial charge in [0.1, 0.15) is 5.56 Å². The number of likely N-dealkylation sites (N-methyl/N-ethyl adjacent to an activating group) is 1. The number of aromatic nitrogens is 1. The summed E-state index contributed by atoms with van der Waals surface area (Å²) in [7, 11) is 2.14. The van der Waals surface area contributed by atoms with Crippen molar-refractivity contribution in [3.8, 4) is 5.69 Å². The summed E-state index contributed by atoms with van der Waals surface area (Å²) in [6.07, 6.45) is 2.63. The van der Waals surface area contributed by atoms with Gasteiger partial charge in [0.05, 0.1) is 0 Å². The van der Waals surface area contributed by atoms with Crippen LogP contribution in [0, 0.1) is 6.92 Å². The van der Waals surface area contributed by atoms with Crippen molar-refractivity contribution < 1.29 is 4.79 Å². The summed E-state index contributed by atoms with van der Waals surface area (Å²) in [6.45, 7) is 11.9. The zero-order valence-corrected chi connectivity index (χ0v) is 18.6. The lowest BCUT2D eigenvalue weighted by Gasteiger charge is -2.32. The van der Waals surface area contributed by atoms with Gasteiger partial charge in [-0.1, -0.05) is 26.0 Å². The van der Waals surface area contributed by atoms with E-state index in [-0.39, 0.29) is 17.0 Å². The maximum atomic E-state index is 13.1. The number of benzene rings is 1. The molecule has 1 N–H and O–H groups in total. The SMILES string of the molecule is Cc1ccn(-c2cccc(C(C)C)c2)c(=O)c1C(=O)NCCCN1CCN(C)CC1. The normalized spacial score (nSPS) is 15.5. The van der Waals surface area contributed by atoms with E-state index >= 15 is 0 Å². The van der Waals surface area contributed by atoms with Crippen molar-refractivity contribution >= 4 is 5.91 Å². The Morgan fingerprint density at radius 3 is 2.57 bits per heavy atom. The van der Waals surface area contributed by atoms with Gasteiger partial charge < -0.3 is 15.1 Å². The van der Waals surface area contributed by atoms with Crippen molar-refractivity contribution in [2.45, 2.75) is 33.1 Å². The Kier molecular flexibility index (Phi) is 7.45. The smallest absolute Gasteiger partial charge is 0.268 e. The highest BCUT2D eigenvalue weighted by molar-refractivity contribution is 5.95. The maximum absolute atomic E-state index is 13.1. The van der Waals surface area contributed by atoms with E-state index in [9.17, 15) is 9.59 Å². The van der Waals surface area contributed by atoms with Crippen molar-refractivity contribution in [1.29, 1.82) is 0 Å². The molecule has 1 amide bonds. The van der Waals surface area contributed by atoms with E-state index in [1.807, 2.05) is 31.2 Å². The van der Waals surface area contributed by atoms with Crippen LogP contribution in [-0.4, -0.2) is 66.6 Å². The molecule has 162 valence electrons. The molecule has 6 heteroatoms. The Morgan fingerprint density at radius 2 is 1.87 bits per heavy atom. The Bertz CT molecular complexity index is 927. The minimum Gasteiger partial charge on any atom is -0.352 e. The molecule has 0 spiro atoms. The van der Waals surface area contributed by atoms with Gasteiger partial charge >= 0.3 is 0 Å². The number of rotatable bonds is 7. The highest BCUT2D eigenvalue weighted by atomic mass is 16.2. The predicted molar refractivity (Wildman–Crippen MR) is 122 cm³/mol. The average molecular weight is 411 g/mol. The predicted octanol–water partition coefficient (Wildman–Crippen LogP) is 2.64. The average Bonchev–Trinajstić information content (AvgIpc) is 2.72. The summed E-state index contributed by atoms with van der Waals surface area (Å²) < 4.78 is 1.57. The summed E-state index contributed by atoms with van der Waals surface area (Å²) in [5.74, 6) is 0.0828. The van der Waals surface area contributed by atoms with Gasteiger partial charge in [-0.2, -0.15) is 0 Å². The highest BCUT2D eigenvalue weighted by Crippen LogP contribution is 2.17. The lowest BCUT2D eigenvalue weighted by Crippen LogP contribution is -2.45. The number of hydrogen-bond donors (Lipinski definition) is 1. The third-order valence-corrected chi connectivity index (χ3v) is 5.88. The molecule has 6 nitrogen and oxygen atoms in total. The Hall–Kier alpha value is -2.44. The fraction of sp³-hybridized carbons (Fsp3) is 0.500. The fourth-order valence-electron chi connectivity index (χ4n) is 3.80. The van der Waals surface area contributed by atoms with Crippen LogP contribution in [0.5, 0.6) is 0 Å². The van der Waals surface area contributed by atoms with E-state index in [1.165, 1.54) is 0 Å². The van der Waals surface area contributed by atoms with Gasteiger partial charge in [-0.15, -0.1) is 0 Å².